The highest BCUT2D eigenvalue weighted by atomic mass is 16.7. The van der Waals surface area contributed by atoms with Crippen molar-refractivity contribution in [3.05, 3.63) is 41.5 Å². The number of carbonyl (C=O) groups excluding carboxylic acids is 1. The second-order valence-electron chi connectivity index (χ2n) is 9.21. The van der Waals surface area contributed by atoms with Crippen molar-refractivity contribution in [2.24, 2.45) is 0 Å². The second kappa shape index (κ2) is 10.1. The molecule has 0 radical (unpaired) electrons. The first-order valence-electron chi connectivity index (χ1n) is 12.3. The number of benzene rings is 3. The van der Waals surface area contributed by atoms with Gasteiger partial charge in [-0.15, -0.1) is 0 Å². The summed E-state index contributed by atoms with van der Waals surface area (Å²) in [5.74, 6) is 1.78. The lowest BCUT2D eigenvalue weighted by Crippen LogP contribution is -2.56. The summed E-state index contributed by atoms with van der Waals surface area (Å²) in [7, 11) is 6.06. The molecule has 206 valence electrons. The third kappa shape index (κ3) is 4.00. The van der Waals surface area contributed by atoms with E-state index in [4.69, 9.17) is 42.6 Å². The van der Waals surface area contributed by atoms with Gasteiger partial charge in [-0.05, 0) is 23.6 Å². The van der Waals surface area contributed by atoms with Crippen LogP contribution in [0.3, 0.4) is 0 Å². The summed E-state index contributed by atoms with van der Waals surface area (Å²) >= 11 is 0. The molecule has 3 aromatic rings. The molecular formula is C28H28O11. The Morgan fingerprint density at radius 3 is 2.41 bits per heavy atom. The van der Waals surface area contributed by atoms with Gasteiger partial charge in [0.1, 0.15) is 30.7 Å². The molecule has 1 saturated heterocycles. The number of cyclic esters (lactones) is 1. The maximum Gasteiger partial charge on any atom is 0.339 e. The van der Waals surface area contributed by atoms with Gasteiger partial charge in [-0.3, -0.25) is 0 Å². The predicted octanol–water partition coefficient (Wildman–Crippen LogP) is 3.05. The lowest BCUT2D eigenvalue weighted by molar-refractivity contribution is -0.252. The molecule has 4 unspecified atom stereocenters. The van der Waals surface area contributed by atoms with Crippen molar-refractivity contribution in [1.29, 1.82) is 0 Å². The highest BCUT2D eigenvalue weighted by Crippen LogP contribution is 2.52. The van der Waals surface area contributed by atoms with E-state index in [1.165, 1.54) is 28.4 Å². The van der Waals surface area contributed by atoms with Crippen molar-refractivity contribution in [3.63, 3.8) is 0 Å². The van der Waals surface area contributed by atoms with Gasteiger partial charge in [0, 0.05) is 36.3 Å². The van der Waals surface area contributed by atoms with E-state index in [1.807, 2.05) is 12.1 Å². The fourth-order valence-electron chi connectivity index (χ4n) is 5.42. The zero-order valence-electron chi connectivity index (χ0n) is 21.8. The number of esters is 1. The van der Waals surface area contributed by atoms with E-state index < -0.39 is 30.6 Å². The number of aliphatic hydroxyl groups is 1. The minimum absolute atomic E-state index is 0.0373. The van der Waals surface area contributed by atoms with Gasteiger partial charge in [0.15, 0.2) is 23.0 Å². The van der Waals surface area contributed by atoms with Crippen LogP contribution >= 0.6 is 0 Å². The number of hydrogen-bond acceptors (Lipinski definition) is 11. The average molecular weight is 541 g/mol. The monoisotopic (exact) mass is 540 g/mol. The molecule has 6 rings (SSSR count). The molecule has 1 N–H and O–H groups in total. The van der Waals surface area contributed by atoms with Gasteiger partial charge in [0.2, 0.25) is 13.1 Å². The molecule has 0 bridgehead atoms. The third-order valence-electron chi connectivity index (χ3n) is 7.30. The molecule has 0 saturated carbocycles. The molecule has 4 atom stereocenters. The minimum atomic E-state index is -1.18. The summed E-state index contributed by atoms with van der Waals surface area (Å²) < 4.78 is 51.2. The van der Waals surface area contributed by atoms with Crippen molar-refractivity contribution in [2.45, 2.75) is 31.2 Å². The van der Waals surface area contributed by atoms with Gasteiger partial charge in [-0.1, -0.05) is 12.1 Å². The Balaban J connectivity index is 1.60. The Morgan fingerprint density at radius 2 is 1.69 bits per heavy atom. The van der Waals surface area contributed by atoms with Crippen LogP contribution in [0.2, 0.25) is 0 Å². The molecule has 3 aromatic carbocycles. The lowest BCUT2D eigenvalue weighted by Gasteiger charge is -2.38. The summed E-state index contributed by atoms with van der Waals surface area (Å²) in [4.78, 5) is 13.2. The first kappa shape index (κ1) is 25.5. The van der Waals surface area contributed by atoms with Crippen LogP contribution in [0.1, 0.15) is 15.9 Å². The van der Waals surface area contributed by atoms with Crippen LogP contribution in [0, 0.1) is 0 Å². The summed E-state index contributed by atoms with van der Waals surface area (Å²) in [6, 6.07) is 9.02. The predicted molar refractivity (Wildman–Crippen MR) is 136 cm³/mol. The van der Waals surface area contributed by atoms with E-state index in [0.717, 1.165) is 0 Å². The summed E-state index contributed by atoms with van der Waals surface area (Å²) in [6.45, 7) is 0.161. The van der Waals surface area contributed by atoms with Gasteiger partial charge < -0.3 is 47.7 Å². The van der Waals surface area contributed by atoms with Gasteiger partial charge in [-0.25, -0.2) is 4.79 Å². The van der Waals surface area contributed by atoms with Crippen LogP contribution in [0.15, 0.2) is 30.3 Å². The molecular weight excluding hydrogens is 512 g/mol. The summed E-state index contributed by atoms with van der Waals surface area (Å²) in [5, 5.41) is 12.3. The van der Waals surface area contributed by atoms with Crippen LogP contribution in [-0.2, 0) is 25.6 Å². The molecule has 3 aliphatic heterocycles. The summed E-state index contributed by atoms with van der Waals surface area (Å²) in [6.07, 6.45) is -3.46. The Hall–Kier alpha value is -3.77. The zero-order valence-corrected chi connectivity index (χ0v) is 21.8. The Kier molecular flexibility index (Phi) is 6.59. The first-order chi connectivity index (χ1) is 19.0. The standard InChI is InChI=1S/C28H28O11/c1-31-18-8-14-15(9-19(18)32-2)24(39-28-23(29)26(34-4)20(33-3)11-36-28)16-10-35-27(30)22(16)21(14)13-6-5-7-17-25(13)38-12-37-17/h5-9,20,23,26,28-29H,10-12H2,1-4H3. The van der Waals surface area contributed by atoms with E-state index in [9.17, 15) is 9.90 Å². The lowest BCUT2D eigenvalue weighted by atomic mass is 9.88. The van der Waals surface area contributed by atoms with Crippen LogP contribution in [-0.4, -0.2) is 77.5 Å². The number of fused-ring (bicyclic) bond motifs is 3. The number of para-hydroxylation sites is 1. The Morgan fingerprint density at radius 1 is 0.923 bits per heavy atom. The van der Waals surface area contributed by atoms with Crippen molar-refractivity contribution >= 4 is 16.7 Å². The number of ether oxygens (including phenoxy) is 9. The largest absolute Gasteiger partial charge is 0.493 e. The molecule has 11 nitrogen and oxygen atoms in total. The van der Waals surface area contributed by atoms with Crippen molar-refractivity contribution < 1.29 is 52.5 Å². The molecule has 1 fully saturated rings. The van der Waals surface area contributed by atoms with Crippen LogP contribution in [0.25, 0.3) is 21.9 Å². The number of methoxy groups -OCH3 is 4. The highest BCUT2D eigenvalue weighted by molar-refractivity contribution is 6.14. The molecule has 11 heteroatoms. The second-order valence-corrected chi connectivity index (χ2v) is 9.21. The maximum atomic E-state index is 13.2. The van der Waals surface area contributed by atoms with Gasteiger partial charge in [0.05, 0.1) is 26.4 Å². The van der Waals surface area contributed by atoms with Gasteiger partial charge in [-0.2, -0.15) is 0 Å². The van der Waals surface area contributed by atoms with E-state index in [1.54, 1.807) is 18.2 Å². The third-order valence-corrected chi connectivity index (χ3v) is 7.30. The molecule has 39 heavy (non-hydrogen) atoms. The molecule has 0 amide bonds. The normalized spacial score (nSPS) is 23.5. The van der Waals surface area contributed by atoms with E-state index >= 15 is 0 Å². The number of rotatable bonds is 7. The van der Waals surface area contributed by atoms with E-state index in [0.29, 0.717) is 61.8 Å². The smallest absolute Gasteiger partial charge is 0.339 e. The minimum Gasteiger partial charge on any atom is -0.493 e. The van der Waals surface area contributed by atoms with Crippen LogP contribution in [0.4, 0.5) is 0 Å². The number of aliphatic hydroxyl groups excluding tert-OH is 1. The van der Waals surface area contributed by atoms with Crippen molar-refractivity contribution in [3.8, 4) is 39.9 Å². The first-order valence-corrected chi connectivity index (χ1v) is 12.3. The molecule has 3 heterocycles. The quantitative estimate of drug-likeness (QED) is 0.445. The average Bonchev–Trinajstić information content (AvgIpc) is 3.60. The van der Waals surface area contributed by atoms with Crippen molar-refractivity contribution in [2.75, 3.05) is 41.8 Å². The van der Waals surface area contributed by atoms with Crippen molar-refractivity contribution in [1.82, 2.24) is 0 Å². The molecule has 0 spiro atoms. The summed E-state index contributed by atoms with van der Waals surface area (Å²) in [5.41, 5.74) is 2.06. The zero-order chi connectivity index (χ0) is 27.3. The fourth-order valence-corrected chi connectivity index (χ4v) is 5.42. The SMILES string of the molecule is COc1cc2c(OC3OCC(OC)C(OC)C3O)c3c(c(-c4cccc5c4OCO5)c2cc1OC)C(=O)OC3. The topological polar surface area (TPSA) is 120 Å². The van der Waals surface area contributed by atoms with Gasteiger partial charge in [0.25, 0.3) is 0 Å². The molecule has 0 aromatic heterocycles. The van der Waals surface area contributed by atoms with Crippen LogP contribution in [0.5, 0.6) is 28.7 Å². The maximum absolute atomic E-state index is 13.2. The fraction of sp³-hybridized carbons (Fsp3) is 0.393. The molecule has 3 aliphatic rings. The molecule has 0 aliphatic carbocycles. The van der Waals surface area contributed by atoms with E-state index in [2.05, 4.69) is 0 Å². The Bertz CT molecular complexity index is 1440. The van der Waals surface area contributed by atoms with Gasteiger partial charge >= 0.3 is 5.97 Å². The Labute approximate surface area is 224 Å². The van der Waals surface area contributed by atoms with Crippen LogP contribution < -0.4 is 23.7 Å². The number of carbonyl (C=O) groups is 1. The number of hydrogen-bond donors (Lipinski definition) is 1. The highest BCUT2D eigenvalue weighted by Gasteiger charge is 2.43. The van der Waals surface area contributed by atoms with E-state index in [-0.39, 0.29) is 20.0 Å².